The van der Waals surface area contributed by atoms with Crippen LogP contribution in [0, 0.1) is 28.6 Å². The number of aliphatic hydroxyl groups is 3. The van der Waals surface area contributed by atoms with Crippen molar-refractivity contribution in [1.29, 1.82) is 0 Å². The third-order valence-electron chi connectivity index (χ3n) is 18.2. The van der Waals surface area contributed by atoms with Gasteiger partial charge in [-0.2, -0.15) is 0 Å². The summed E-state index contributed by atoms with van der Waals surface area (Å²) in [7, 11) is 4.61. The van der Waals surface area contributed by atoms with Crippen molar-refractivity contribution in [2.24, 2.45) is 28.6 Å². The molecule has 26 atom stereocenters. The molecule has 0 aromatic carbocycles. The second-order valence-electron chi connectivity index (χ2n) is 22.1. The van der Waals surface area contributed by atoms with E-state index in [0.717, 1.165) is 32.1 Å². The average molecular weight is 983 g/mol. The van der Waals surface area contributed by atoms with E-state index >= 15 is 0 Å². The molecule has 3 N–H and O–H groups in total. The maximum Gasteiger partial charge on any atom is 0.302 e. The van der Waals surface area contributed by atoms with Crippen LogP contribution in [0.2, 0.25) is 0 Å². The van der Waals surface area contributed by atoms with E-state index in [9.17, 15) is 20.1 Å². The minimum atomic E-state index is -1.23. The molecule has 7 heterocycles. The Morgan fingerprint density at radius 2 is 1.36 bits per heavy atom. The third kappa shape index (κ3) is 8.60. The summed E-state index contributed by atoms with van der Waals surface area (Å²) in [6.45, 7) is 14.1. The molecule has 0 aromatic rings. The lowest BCUT2D eigenvalue weighted by atomic mass is 9.47. The normalized spacial score (nSPS) is 54.6. The molecule has 2 saturated carbocycles. The molecule has 9 fully saturated rings. The molecule has 3 aliphatic carbocycles. The van der Waals surface area contributed by atoms with E-state index in [-0.39, 0.29) is 53.2 Å². The summed E-state index contributed by atoms with van der Waals surface area (Å²) < 4.78 is 94.2. The number of hydrogen-bond donors (Lipinski definition) is 3. The Labute approximate surface area is 405 Å². The predicted molar refractivity (Wildman–Crippen MR) is 238 cm³/mol. The monoisotopic (exact) mass is 983 g/mol. The van der Waals surface area contributed by atoms with E-state index < -0.39 is 116 Å². The molecule has 10 aliphatic rings. The van der Waals surface area contributed by atoms with E-state index in [0.29, 0.717) is 32.5 Å². The fourth-order valence-corrected chi connectivity index (χ4v) is 15.0. The lowest BCUT2D eigenvalue weighted by Crippen LogP contribution is -2.61. The lowest BCUT2D eigenvalue weighted by Gasteiger charge is -2.60. The SMILES string of the molecule is CO[C@@H]1[C@@H](O)[C@H](O[C@@H]2[C@@H](C)O[C@@H](O[C@H]3[C@@H](OC)C[C@H](O[C@H]4[C@H](O)C[C@H](O[C@H]5CC[C@@]6(COC(C)=O)C(=CC[C@@H]7[C@@H]6CC[C@]6(C)[C@@H]8[C@H]9CO[C@]8(C)O[C@@]76O9)C5)O[C@@H]4C)O[C@@H]3C)C[C@H]2OC)O[C@H](C)[C@H]1O. The molecule has 0 aromatic heterocycles. The van der Waals surface area contributed by atoms with Crippen LogP contribution in [0.25, 0.3) is 0 Å². The highest BCUT2D eigenvalue weighted by atomic mass is 16.8. The van der Waals surface area contributed by atoms with Crippen molar-refractivity contribution in [2.75, 3.05) is 34.5 Å². The summed E-state index contributed by atoms with van der Waals surface area (Å²) in [5, 5.41) is 32.9. The van der Waals surface area contributed by atoms with Gasteiger partial charge in [0.05, 0.1) is 67.5 Å². The molecule has 0 spiro atoms. The highest BCUT2D eigenvalue weighted by molar-refractivity contribution is 5.66. The summed E-state index contributed by atoms with van der Waals surface area (Å²) in [4.78, 5) is 12.4. The molecule has 7 aliphatic heterocycles. The Kier molecular flexibility index (Phi) is 14.3. The van der Waals surface area contributed by atoms with Gasteiger partial charge in [-0.1, -0.05) is 18.6 Å². The number of hydrogen-bond acceptors (Lipinski definition) is 19. The quantitative estimate of drug-likeness (QED) is 0.178. The molecule has 10 rings (SSSR count). The third-order valence-corrected chi connectivity index (χ3v) is 18.2. The number of aliphatic hydroxyl groups excluding tert-OH is 3. The smallest absolute Gasteiger partial charge is 0.302 e. The number of carbonyl (C=O) groups is 1. The second kappa shape index (κ2) is 19.3. The topological polar surface area (TPSA) is 216 Å². The van der Waals surface area contributed by atoms with Crippen LogP contribution in [0.15, 0.2) is 11.6 Å². The van der Waals surface area contributed by atoms with Gasteiger partial charge < -0.3 is 86.4 Å². The van der Waals surface area contributed by atoms with Crippen LogP contribution in [-0.2, 0) is 75.8 Å². The van der Waals surface area contributed by atoms with Gasteiger partial charge in [0.15, 0.2) is 36.7 Å². The van der Waals surface area contributed by atoms with Crippen LogP contribution < -0.4 is 0 Å². The summed E-state index contributed by atoms with van der Waals surface area (Å²) in [5.41, 5.74) is 0.746. The van der Waals surface area contributed by atoms with Crippen molar-refractivity contribution in [1.82, 2.24) is 0 Å². The first-order chi connectivity index (χ1) is 32.9. The van der Waals surface area contributed by atoms with Crippen molar-refractivity contribution in [3.05, 3.63) is 11.6 Å². The first-order valence-corrected chi connectivity index (χ1v) is 25.6. The van der Waals surface area contributed by atoms with Crippen molar-refractivity contribution in [3.63, 3.8) is 0 Å². The summed E-state index contributed by atoms with van der Waals surface area (Å²) in [6, 6.07) is 0. The van der Waals surface area contributed by atoms with Crippen molar-refractivity contribution in [3.8, 4) is 0 Å². The fraction of sp³-hybridized carbons (Fsp3) is 0.940. The lowest BCUT2D eigenvalue weighted by molar-refractivity contribution is -0.359. The Bertz CT molecular complexity index is 1860. The number of fused-ring (bicyclic) bond motifs is 3. The molecule has 7 saturated heterocycles. The Balaban J connectivity index is 0.731. The van der Waals surface area contributed by atoms with Gasteiger partial charge in [0.25, 0.3) is 0 Å². The number of ether oxygens (including phenoxy) is 15. The average Bonchev–Trinajstić information content (AvgIpc) is 3.80. The Morgan fingerprint density at radius 1 is 0.725 bits per heavy atom. The van der Waals surface area contributed by atoms with Crippen molar-refractivity contribution >= 4 is 5.97 Å². The molecule has 19 nitrogen and oxygen atoms in total. The van der Waals surface area contributed by atoms with Crippen LogP contribution in [-0.4, -0.2) is 184 Å². The second-order valence-corrected chi connectivity index (χ2v) is 22.1. The van der Waals surface area contributed by atoms with Crippen LogP contribution in [0.5, 0.6) is 0 Å². The fourth-order valence-electron chi connectivity index (χ4n) is 15.0. The van der Waals surface area contributed by atoms with Crippen molar-refractivity contribution in [2.45, 2.75) is 235 Å². The molecule has 0 radical (unpaired) electrons. The van der Waals surface area contributed by atoms with Gasteiger partial charge in [-0.15, -0.1) is 0 Å². The Morgan fingerprint density at radius 3 is 1.99 bits per heavy atom. The summed E-state index contributed by atoms with van der Waals surface area (Å²) in [5.74, 6) is -1.18. The number of esters is 1. The van der Waals surface area contributed by atoms with Crippen LogP contribution >= 0.6 is 0 Å². The van der Waals surface area contributed by atoms with Gasteiger partial charge in [-0.05, 0) is 79.1 Å². The number of methoxy groups -OCH3 is 3. The molecule has 2 bridgehead atoms. The van der Waals surface area contributed by atoms with Gasteiger partial charge in [0, 0.05) is 64.3 Å². The van der Waals surface area contributed by atoms with E-state index in [1.165, 1.54) is 19.6 Å². The molecule has 69 heavy (non-hydrogen) atoms. The summed E-state index contributed by atoms with van der Waals surface area (Å²) >= 11 is 0. The zero-order valence-corrected chi connectivity index (χ0v) is 41.9. The van der Waals surface area contributed by atoms with Gasteiger partial charge in [0.2, 0.25) is 0 Å². The largest absolute Gasteiger partial charge is 0.465 e. The number of rotatable bonds is 13. The van der Waals surface area contributed by atoms with Crippen LogP contribution in [0.4, 0.5) is 0 Å². The van der Waals surface area contributed by atoms with Gasteiger partial charge in [-0.25, -0.2) is 0 Å². The van der Waals surface area contributed by atoms with E-state index in [1.54, 1.807) is 21.1 Å². The molecule has 19 heteroatoms. The van der Waals surface area contributed by atoms with E-state index in [1.807, 2.05) is 20.8 Å². The molecule has 0 amide bonds. The first kappa shape index (κ1) is 51.0. The van der Waals surface area contributed by atoms with Crippen LogP contribution in [0.3, 0.4) is 0 Å². The maximum atomic E-state index is 12.4. The summed E-state index contributed by atoms with van der Waals surface area (Å²) in [6.07, 6.45) is -4.06. The predicted octanol–water partition coefficient (Wildman–Crippen LogP) is 3.39. The molecule has 0 unspecified atom stereocenters. The van der Waals surface area contributed by atoms with Crippen molar-refractivity contribution < 1.29 is 91.2 Å². The number of allylic oxidation sites excluding steroid dienone is 1. The maximum absolute atomic E-state index is 12.4. The molecular formula is C50H78O19. The van der Waals surface area contributed by atoms with Gasteiger partial charge in [-0.3, -0.25) is 4.79 Å². The zero-order valence-electron chi connectivity index (χ0n) is 41.9. The van der Waals surface area contributed by atoms with E-state index in [4.69, 9.17) is 71.1 Å². The molecule has 392 valence electrons. The standard InChI is InChI=1S/C50H78O19/c1-23-39(53)44(57-10)40(54)46(63-23)67-43-26(4)62-38(20-34(43)56-9)66-42-25(3)61-37(19-33(42)55-8)65-41-24(2)60-36(18-32(41)52)64-29-13-16-49(22-58-27(5)51)28(17-29)11-12-31-30(49)14-15-47(6)45-35-21-59-48(45,7)69-50(31,47)68-35/h11,23-26,29-46,52-54H,12-22H2,1-10H3/t23-,24-,25-,26-,29+,30+,31-,32-,33+,34-,35-,36+,37+,38+,39-,40-,41-,42-,43-,44+,45+,46+,47-,48-,49-,50+/m1/s1. The van der Waals surface area contributed by atoms with E-state index in [2.05, 4.69) is 19.9 Å². The number of carbonyl (C=O) groups excluding carboxylic acids is 1. The first-order valence-electron chi connectivity index (χ1n) is 25.6. The minimum Gasteiger partial charge on any atom is -0.465 e. The van der Waals surface area contributed by atoms with Crippen LogP contribution in [0.1, 0.15) is 106 Å². The van der Waals surface area contributed by atoms with Gasteiger partial charge >= 0.3 is 5.97 Å². The molecular weight excluding hydrogens is 905 g/mol. The minimum absolute atomic E-state index is 0.0280. The Hall–Kier alpha value is -1.47. The zero-order chi connectivity index (χ0) is 48.9. The highest BCUT2D eigenvalue weighted by Gasteiger charge is 2.83. The highest BCUT2D eigenvalue weighted by Crippen LogP contribution is 2.76. The van der Waals surface area contributed by atoms with Gasteiger partial charge in [0.1, 0.15) is 43.2 Å².